The number of nitrogens with one attached hydrogen (secondary N) is 2. The van der Waals surface area contributed by atoms with Crippen molar-refractivity contribution in [3.8, 4) is 0 Å². The van der Waals surface area contributed by atoms with Gasteiger partial charge in [-0.05, 0) is 43.5 Å². The summed E-state index contributed by atoms with van der Waals surface area (Å²) in [4.78, 5) is 41.0. The number of benzene rings is 1. The smallest absolute Gasteiger partial charge is 0.293 e. The van der Waals surface area contributed by atoms with E-state index in [1.54, 1.807) is 18.2 Å². The number of hydrazine groups is 1. The zero-order valence-electron chi connectivity index (χ0n) is 14.6. The first-order valence-corrected chi connectivity index (χ1v) is 8.60. The molecule has 27 heavy (non-hydrogen) atoms. The number of carbonyl (C=O) groups is 2. The summed E-state index contributed by atoms with van der Waals surface area (Å²) in [7, 11) is 0. The Hall–Kier alpha value is -3.49. The fourth-order valence-electron chi connectivity index (χ4n) is 2.97. The van der Waals surface area contributed by atoms with Gasteiger partial charge in [-0.15, -0.1) is 0 Å². The highest BCUT2D eigenvalue weighted by atomic mass is 16.6. The number of hydrogen-bond acceptors (Lipinski definition) is 6. The largest absolute Gasteiger partial charge is 0.366 e. The van der Waals surface area contributed by atoms with Crippen molar-refractivity contribution in [2.75, 3.05) is 18.0 Å². The molecule has 0 bridgehead atoms. The second kappa shape index (κ2) is 8.26. The third-order valence-electron chi connectivity index (χ3n) is 4.34. The first-order valence-electron chi connectivity index (χ1n) is 8.60. The molecule has 1 aliphatic heterocycles. The molecule has 140 valence electrons. The zero-order valence-corrected chi connectivity index (χ0v) is 14.6. The van der Waals surface area contributed by atoms with Crippen LogP contribution in [0.15, 0.2) is 42.7 Å². The van der Waals surface area contributed by atoms with Crippen LogP contribution in [0, 0.1) is 10.1 Å². The molecule has 0 atom stereocenters. The van der Waals surface area contributed by atoms with E-state index in [0.717, 1.165) is 32.4 Å². The van der Waals surface area contributed by atoms with Crippen molar-refractivity contribution in [3.05, 3.63) is 64.0 Å². The van der Waals surface area contributed by atoms with E-state index in [1.807, 2.05) is 4.90 Å². The number of nitrogens with zero attached hydrogens (tertiary/aromatic N) is 3. The number of pyridine rings is 1. The van der Waals surface area contributed by atoms with Gasteiger partial charge in [-0.2, -0.15) is 0 Å². The van der Waals surface area contributed by atoms with E-state index < -0.39 is 16.7 Å². The van der Waals surface area contributed by atoms with Gasteiger partial charge in [0.05, 0.1) is 10.5 Å². The summed E-state index contributed by atoms with van der Waals surface area (Å²) in [5, 5.41) is 11.5. The number of nitro benzene ring substituents is 1. The van der Waals surface area contributed by atoms with Crippen LogP contribution in [-0.2, 0) is 0 Å². The average Bonchev–Trinajstić information content (AvgIpc) is 2.72. The first kappa shape index (κ1) is 18.3. The number of aromatic nitrogens is 1. The Bertz CT molecular complexity index is 850. The van der Waals surface area contributed by atoms with Crippen LogP contribution in [-0.4, -0.2) is 34.8 Å². The number of anilines is 1. The molecule has 1 aliphatic rings. The van der Waals surface area contributed by atoms with Crippen LogP contribution in [0.25, 0.3) is 0 Å². The van der Waals surface area contributed by atoms with Crippen molar-refractivity contribution in [1.82, 2.24) is 15.8 Å². The highest BCUT2D eigenvalue weighted by Crippen LogP contribution is 2.31. The Morgan fingerprint density at radius 1 is 1.04 bits per heavy atom. The maximum absolute atomic E-state index is 12.3. The minimum atomic E-state index is -0.638. The van der Waals surface area contributed by atoms with Gasteiger partial charge in [0.25, 0.3) is 17.5 Å². The van der Waals surface area contributed by atoms with Crippen molar-refractivity contribution in [2.45, 2.75) is 19.3 Å². The number of rotatable bonds is 4. The molecule has 1 fully saturated rings. The van der Waals surface area contributed by atoms with Crippen LogP contribution < -0.4 is 15.8 Å². The molecule has 2 aromatic rings. The van der Waals surface area contributed by atoms with Crippen LogP contribution in [0.5, 0.6) is 0 Å². The standard InChI is InChI=1S/C18H19N5O4/c24-17(20-21-18(25)14-5-4-8-19-12-14)13-6-7-15(16(11-13)23(26)27)22-9-2-1-3-10-22/h4-8,11-12H,1-3,9-10H2,(H,20,24)(H,21,25). The molecule has 0 unspecified atom stereocenters. The van der Waals surface area contributed by atoms with E-state index in [4.69, 9.17) is 0 Å². The Balaban J connectivity index is 1.72. The number of piperidine rings is 1. The lowest BCUT2D eigenvalue weighted by Gasteiger charge is -2.28. The second-order valence-electron chi connectivity index (χ2n) is 6.16. The van der Waals surface area contributed by atoms with Gasteiger partial charge < -0.3 is 4.90 Å². The maximum Gasteiger partial charge on any atom is 0.293 e. The highest BCUT2D eigenvalue weighted by molar-refractivity contribution is 5.99. The van der Waals surface area contributed by atoms with Gasteiger partial charge in [-0.1, -0.05) is 0 Å². The molecular weight excluding hydrogens is 350 g/mol. The van der Waals surface area contributed by atoms with Gasteiger partial charge in [0, 0.05) is 37.1 Å². The fourth-order valence-corrected chi connectivity index (χ4v) is 2.97. The van der Waals surface area contributed by atoms with Gasteiger partial charge in [0.2, 0.25) is 0 Å². The van der Waals surface area contributed by atoms with Crippen LogP contribution in [0.2, 0.25) is 0 Å². The molecule has 1 saturated heterocycles. The van der Waals surface area contributed by atoms with E-state index in [1.165, 1.54) is 24.5 Å². The van der Waals surface area contributed by atoms with E-state index in [9.17, 15) is 19.7 Å². The molecule has 0 aliphatic carbocycles. The van der Waals surface area contributed by atoms with Crippen LogP contribution in [0.4, 0.5) is 11.4 Å². The SMILES string of the molecule is O=C(NNC(=O)c1ccc(N2CCCCC2)c([N+](=O)[O-])c1)c1cccnc1. The summed E-state index contributed by atoms with van der Waals surface area (Å²) in [6.45, 7) is 1.51. The van der Waals surface area contributed by atoms with Crippen LogP contribution >= 0.6 is 0 Å². The van der Waals surface area contributed by atoms with Crippen LogP contribution in [0.3, 0.4) is 0 Å². The minimum absolute atomic E-state index is 0.0916. The van der Waals surface area contributed by atoms with E-state index in [2.05, 4.69) is 15.8 Å². The van der Waals surface area contributed by atoms with Gasteiger partial charge in [0.1, 0.15) is 5.69 Å². The van der Waals surface area contributed by atoms with E-state index in [-0.39, 0.29) is 16.8 Å². The third-order valence-corrected chi connectivity index (χ3v) is 4.34. The van der Waals surface area contributed by atoms with E-state index >= 15 is 0 Å². The predicted octanol–water partition coefficient (Wildman–Crippen LogP) is 2.05. The molecule has 9 heteroatoms. The topological polar surface area (TPSA) is 117 Å². The molecule has 2 amide bonds. The summed E-state index contributed by atoms with van der Waals surface area (Å²) in [5.74, 6) is -1.17. The normalized spacial score (nSPS) is 13.7. The Labute approximate surface area is 155 Å². The molecular formula is C18H19N5O4. The van der Waals surface area contributed by atoms with Gasteiger partial charge in [0.15, 0.2) is 0 Å². The zero-order chi connectivity index (χ0) is 19.2. The van der Waals surface area contributed by atoms with Crippen molar-refractivity contribution in [1.29, 1.82) is 0 Å². The quantitative estimate of drug-likeness (QED) is 0.629. The number of nitro groups is 1. The Kier molecular flexibility index (Phi) is 5.60. The molecule has 0 radical (unpaired) electrons. The Morgan fingerprint density at radius 3 is 2.37 bits per heavy atom. The summed E-state index contributed by atoms with van der Waals surface area (Å²) >= 11 is 0. The van der Waals surface area contributed by atoms with E-state index in [0.29, 0.717) is 5.69 Å². The second-order valence-corrected chi connectivity index (χ2v) is 6.16. The Morgan fingerprint density at radius 2 is 1.74 bits per heavy atom. The lowest BCUT2D eigenvalue weighted by molar-refractivity contribution is -0.384. The molecule has 2 N–H and O–H groups in total. The van der Waals surface area contributed by atoms with Gasteiger partial charge in [-0.25, -0.2) is 0 Å². The number of carbonyl (C=O) groups excluding carboxylic acids is 2. The maximum atomic E-state index is 12.3. The molecule has 0 saturated carbocycles. The molecule has 9 nitrogen and oxygen atoms in total. The fraction of sp³-hybridized carbons (Fsp3) is 0.278. The lowest BCUT2D eigenvalue weighted by Crippen LogP contribution is -2.41. The minimum Gasteiger partial charge on any atom is -0.366 e. The highest BCUT2D eigenvalue weighted by Gasteiger charge is 2.23. The van der Waals surface area contributed by atoms with Gasteiger partial charge in [-0.3, -0.25) is 35.5 Å². The monoisotopic (exact) mass is 369 g/mol. The third kappa shape index (κ3) is 4.38. The lowest BCUT2D eigenvalue weighted by atomic mass is 10.1. The molecule has 0 spiro atoms. The molecule has 3 rings (SSSR count). The summed E-state index contributed by atoms with van der Waals surface area (Å²) < 4.78 is 0. The molecule has 1 aromatic carbocycles. The van der Waals surface area contributed by atoms with Crippen molar-refractivity contribution < 1.29 is 14.5 Å². The van der Waals surface area contributed by atoms with Crippen molar-refractivity contribution >= 4 is 23.2 Å². The molecule has 2 heterocycles. The summed E-state index contributed by atoms with van der Waals surface area (Å²) in [6.07, 6.45) is 5.97. The predicted molar refractivity (Wildman–Crippen MR) is 98.3 cm³/mol. The van der Waals surface area contributed by atoms with Crippen molar-refractivity contribution in [2.24, 2.45) is 0 Å². The van der Waals surface area contributed by atoms with Crippen LogP contribution in [0.1, 0.15) is 40.0 Å². The van der Waals surface area contributed by atoms with Gasteiger partial charge >= 0.3 is 0 Å². The average molecular weight is 369 g/mol. The molecule has 1 aromatic heterocycles. The summed E-state index contributed by atoms with van der Waals surface area (Å²) in [5.41, 5.74) is 5.29. The van der Waals surface area contributed by atoms with Crippen molar-refractivity contribution in [3.63, 3.8) is 0 Å². The first-order chi connectivity index (χ1) is 13.1. The summed E-state index contributed by atoms with van der Waals surface area (Å²) in [6, 6.07) is 7.48. The number of hydrogen-bond donors (Lipinski definition) is 2. The number of amides is 2.